The topological polar surface area (TPSA) is 26.3 Å². The van der Waals surface area contributed by atoms with Gasteiger partial charge in [0.15, 0.2) is 0 Å². The summed E-state index contributed by atoms with van der Waals surface area (Å²) in [7, 11) is 1.68. The summed E-state index contributed by atoms with van der Waals surface area (Å²) in [4.78, 5) is 11.3. The molecule has 0 radical (unpaired) electrons. The van der Waals surface area contributed by atoms with Gasteiger partial charge in [0, 0.05) is 6.42 Å². The molecule has 2 rings (SSSR count). The van der Waals surface area contributed by atoms with Crippen molar-refractivity contribution in [3.63, 3.8) is 0 Å². The lowest BCUT2D eigenvalue weighted by Gasteiger charge is -2.14. The monoisotopic (exact) mass is 256 g/mol. The van der Waals surface area contributed by atoms with E-state index >= 15 is 0 Å². The maximum atomic E-state index is 11.3. The lowest BCUT2D eigenvalue weighted by molar-refractivity contribution is -0.117. The Kier molecular flexibility index (Phi) is 4.20. The van der Waals surface area contributed by atoms with Crippen molar-refractivity contribution in [2.24, 2.45) is 0 Å². The van der Waals surface area contributed by atoms with Crippen LogP contribution in [0.25, 0.3) is 10.8 Å². The Balaban J connectivity index is 2.37. The molecule has 0 N–H and O–H groups in total. The highest BCUT2D eigenvalue weighted by atomic mass is 16.5. The Morgan fingerprint density at radius 1 is 1.16 bits per heavy atom. The van der Waals surface area contributed by atoms with E-state index in [0.717, 1.165) is 12.2 Å². The molecule has 0 saturated heterocycles. The van der Waals surface area contributed by atoms with E-state index in [1.807, 2.05) is 12.1 Å². The van der Waals surface area contributed by atoms with E-state index in [-0.39, 0.29) is 5.78 Å². The standard InChI is InChI=1S/C17H20O2/c1-4-13(9-12(2)18)14-5-6-16-11-17(19-3)8-7-15(16)10-14/h5-8,10-11,13H,4,9H2,1-3H3/t13-/m0/s1. The first-order valence-corrected chi connectivity index (χ1v) is 6.71. The fourth-order valence-corrected chi connectivity index (χ4v) is 2.47. The van der Waals surface area contributed by atoms with Crippen molar-refractivity contribution in [2.75, 3.05) is 7.11 Å². The van der Waals surface area contributed by atoms with Crippen molar-refractivity contribution in [3.05, 3.63) is 42.0 Å². The largest absolute Gasteiger partial charge is 0.497 e. The molecule has 0 aliphatic carbocycles. The van der Waals surface area contributed by atoms with Crippen molar-refractivity contribution in [1.82, 2.24) is 0 Å². The van der Waals surface area contributed by atoms with Crippen LogP contribution in [0.1, 0.15) is 38.2 Å². The molecule has 0 bridgehead atoms. The molecule has 0 unspecified atom stereocenters. The molecule has 19 heavy (non-hydrogen) atoms. The molecule has 2 aromatic carbocycles. The number of fused-ring (bicyclic) bond motifs is 1. The van der Waals surface area contributed by atoms with E-state index in [4.69, 9.17) is 4.74 Å². The highest BCUT2D eigenvalue weighted by Gasteiger charge is 2.12. The van der Waals surface area contributed by atoms with Crippen LogP contribution in [-0.2, 0) is 4.79 Å². The van der Waals surface area contributed by atoms with Crippen molar-refractivity contribution < 1.29 is 9.53 Å². The molecule has 0 amide bonds. The highest BCUT2D eigenvalue weighted by molar-refractivity contribution is 5.85. The molecule has 0 fully saturated rings. The van der Waals surface area contributed by atoms with Crippen molar-refractivity contribution >= 4 is 16.6 Å². The van der Waals surface area contributed by atoms with Gasteiger partial charge in [-0.15, -0.1) is 0 Å². The molecule has 0 aliphatic rings. The lowest BCUT2D eigenvalue weighted by Crippen LogP contribution is -2.03. The molecular weight excluding hydrogens is 236 g/mol. The van der Waals surface area contributed by atoms with E-state index in [0.29, 0.717) is 12.3 Å². The zero-order valence-electron chi connectivity index (χ0n) is 11.8. The number of carbonyl (C=O) groups excluding carboxylic acids is 1. The lowest BCUT2D eigenvalue weighted by atomic mass is 9.90. The molecule has 0 heterocycles. The molecule has 0 saturated carbocycles. The highest BCUT2D eigenvalue weighted by Crippen LogP contribution is 2.28. The summed E-state index contributed by atoms with van der Waals surface area (Å²) in [5.74, 6) is 1.45. The number of Topliss-reactive ketones (excluding diaryl/α,β-unsaturated/α-hetero) is 1. The Morgan fingerprint density at radius 2 is 1.84 bits per heavy atom. The van der Waals surface area contributed by atoms with E-state index in [9.17, 15) is 4.79 Å². The van der Waals surface area contributed by atoms with Gasteiger partial charge in [-0.3, -0.25) is 0 Å². The van der Waals surface area contributed by atoms with Crippen LogP contribution < -0.4 is 4.74 Å². The van der Waals surface area contributed by atoms with Crippen molar-refractivity contribution in [1.29, 1.82) is 0 Å². The SMILES string of the molecule is CC[C@@H](CC(C)=O)c1ccc2cc(OC)ccc2c1. The van der Waals surface area contributed by atoms with E-state index in [2.05, 4.69) is 31.2 Å². The van der Waals surface area contributed by atoms with Gasteiger partial charge in [0.1, 0.15) is 11.5 Å². The molecule has 0 aliphatic heterocycles. The van der Waals surface area contributed by atoms with Crippen LogP contribution in [0, 0.1) is 0 Å². The molecule has 100 valence electrons. The number of ketones is 1. The van der Waals surface area contributed by atoms with E-state index in [1.54, 1.807) is 14.0 Å². The van der Waals surface area contributed by atoms with Crippen LogP contribution in [0.5, 0.6) is 5.75 Å². The fraction of sp³-hybridized carbons (Fsp3) is 0.353. The predicted molar refractivity (Wildman–Crippen MR) is 78.8 cm³/mol. The maximum Gasteiger partial charge on any atom is 0.130 e. The minimum Gasteiger partial charge on any atom is -0.497 e. The first-order chi connectivity index (χ1) is 9.13. The first-order valence-electron chi connectivity index (χ1n) is 6.71. The molecular formula is C17H20O2. The number of ether oxygens (including phenoxy) is 1. The van der Waals surface area contributed by atoms with Crippen LogP contribution in [0.2, 0.25) is 0 Å². The Labute approximate surface area is 114 Å². The first kappa shape index (κ1) is 13.6. The summed E-state index contributed by atoms with van der Waals surface area (Å²) < 4.78 is 5.23. The van der Waals surface area contributed by atoms with Crippen LogP contribution >= 0.6 is 0 Å². The third-order valence-corrected chi connectivity index (χ3v) is 3.57. The van der Waals surface area contributed by atoms with Gasteiger partial charge in [0.2, 0.25) is 0 Å². The average molecular weight is 256 g/mol. The van der Waals surface area contributed by atoms with Gasteiger partial charge in [-0.1, -0.05) is 31.2 Å². The molecule has 1 atom stereocenters. The third-order valence-electron chi connectivity index (χ3n) is 3.57. The van der Waals surface area contributed by atoms with E-state index < -0.39 is 0 Å². The maximum absolute atomic E-state index is 11.3. The fourth-order valence-electron chi connectivity index (χ4n) is 2.47. The van der Waals surface area contributed by atoms with Gasteiger partial charge in [0.05, 0.1) is 7.11 Å². The molecule has 2 aromatic rings. The Morgan fingerprint density at radius 3 is 2.47 bits per heavy atom. The summed E-state index contributed by atoms with van der Waals surface area (Å²) in [6.07, 6.45) is 1.61. The van der Waals surface area contributed by atoms with Crippen LogP contribution in [-0.4, -0.2) is 12.9 Å². The minimum atomic E-state index is 0.252. The number of rotatable bonds is 5. The summed E-state index contributed by atoms with van der Waals surface area (Å²) in [5, 5.41) is 2.36. The van der Waals surface area contributed by atoms with Gasteiger partial charge in [-0.05, 0) is 47.7 Å². The van der Waals surface area contributed by atoms with Gasteiger partial charge in [0.25, 0.3) is 0 Å². The second-order valence-corrected chi connectivity index (χ2v) is 4.98. The third kappa shape index (κ3) is 3.14. The second kappa shape index (κ2) is 5.87. The summed E-state index contributed by atoms with van der Waals surface area (Å²) >= 11 is 0. The summed E-state index contributed by atoms with van der Waals surface area (Å²) in [5.41, 5.74) is 1.25. The van der Waals surface area contributed by atoms with Crippen LogP contribution in [0.3, 0.4) is 0 Å². The number of methoxy groups -OCH3 is 1. The molecule has 2 heteroatoms. The van der Waals surface area contributed by atoms with E-state index in [1.165, 1.54) is 16.3 Å². The molecule has 2 nitrogen and oxygen atoms in total. The summed E-state index contributed by atoms with van der Waals surface area (Å²) in [6, 6.07) is 12.5. The Hall–Kier alpha value is -1.83. The Bertz CT molecular complexity index is 587. The van der Waals surface area contributed by atoms with Crippen molar-refractivity contribution in [3.8, 4) is 5.75 Å². The van der Waals surface area contributed by atoms with Crippen LogP contribution in [0.4, 0.5) is 0 Å². The van der Waals surface area contributed by atoms with Crippen LogP contribution in [0.15, 0.2) is 36.4 Å². The molecule has 0 aromatic heterocycles. The second-order valence-electron chi connectivity index (χ2n) is 4.98. The smallest absolute Gasteiger partial charge is 0.130 e. The predicted octanol–water partition coefficient (Wildman–Crippen LogP) is 4.32. The van der Waals surface area contributed by atoms with Gasteiger partial charge >= 0.3 is 0 Å². The number of benzene rings is 2. The normalized spacial score (nSPS) is 12.4. The number of hydrogen-bond donors (Lipinski definition) is 0. The van der Waals surface area contributed by atoms with Gasteiger partial charge in [-0.2, -0.15) is 0 Å². The quantitative estimate of drug-likeness (QED) is 0.796. The molecule has 0 spiro atoms. The zero-order chi connectivity index (χ0) is 13.8. The zero-order valence-corrected chi connectivity index (χ0v) is 11.8. The number of hydrogen-bond acceptors (Lipinski definition) is 2. The number of carbonyl (C=O) groups is 1. The van der Waals surface area contributed by atoms with Gasteiger partial charge < -0.3 is 9.53 Å². The van der Waals surface area contributed by atoms with Crippen molar-refractivity contribution in [2.45, 2.75) is 32.6 Å². The minimum absolute atomic E-state index is 0.252. The summed E-state index contributed by atoms with van der Waals surface area (Å²) in [6.45, 7) is 3.79. The average Bonchev–Trinajstić information content (AvgIpc) is 2.43. The van der Waals surface area contributed by atoms with Gasteiger partial charge in [-0.25, -0.2) is 0 Å².